The Morgan fingerprint density at radius 3 is 1.56 bits per heavy atom. The summed E-state index contributed by atoms with van der Waals surface area (Å²) in [6, 6.07) is 12.5. The van der Waals surface area contributed by atoms with E-state index in [9.17, 15) is 91.0 Å². The van der Waals surface area contributed by atoms with Gasteiger partial charge in [-0.25, -0.2) is 9.59 Å². The van der Waals surface area contributed by atoms with Crippen molar-refractivity contribution in [2.75, 3.05) is 26.9 Å². The Bertz CT molecular complexity index is 3160. The number of phenolic OH excluding ortho intramolecular Hbond substituents is 6. The number of ether oxygens (including phenoxy) is 9. The van der Waals surface area contributed by atoms with Gasteiger partial charge in [0.1, 0.15) is 77.4 Å². The van der Waals surface area contributed by atoms with E-state index in [2.05, 4.69) is 0 Å². The number of aliphatic hydroxyl groups excluding tert-OH is 9. The molecule has 430 valence electrons. The molecule has 80 heavy (non-hydrogen) atoms. The number of esters is 2. The van der Waals surface area contributed by atoms with Crippen LogP contribution in [0.15, 0.2) is 88.1 Å². The van der Waals surface area contributed by atoms with Gasteiger partial charge in [0.2, 0.25) is 23.8 Å². The third-order valence-corrected chi connectivity index (χ3v) is 12.9. The molecule has 28 heteroatoms. The Balaban J connectivity index is 1.14. The van der Waals surface area contributed by atoms with Crippen LogP contribution in [0.25, 0.3) is 34.4 Å². The van der Waals surface area contributed by atoms with E-state index in [1.165, 1.54) is 37.5 Å². The summed E-state index contributed by atoms with van der Waals surface area (Å²) in [5, 5.41) is 158. The van der Waals surface area contributed by atoms with Crippen LogP contribution in [0, 0.1) is 0 Å². The SMILES string of the molecule is COc1cc(/C=C/C(=O)O[C@H]2[C@H](Oc3cc(O)c4c(=O)c(O[C@@H]5O[C@H](CO)[C@@H](O)[C@H](O)[C@H]5O[C@@H]5O[C@H](CO)[C@@H](O)[C@H](O)[C@H]5OC(=O)/C=C\c5ccc(O)c(O)c5)c(-c5ccc(O)c(O)c5)oc4c3)O[C@H](CO)[C@@H](O)[C@@H]2O)ccc1O. The van der Waals surface area contributed by atoms with Gasteiger partial charge >= 0.3 is 11.9 Å². The normalized spacial score (nSPS) is 28.9. The number of aliphatic hydroxyl groups is 9. The second-order valence-electron chi connectivity index (χ2n) is 18.2. The number of methoxy groups -OCH3 is 1. The van der Waals surface area contributed by atoms with Crippen molar-refractivity contribution in [3.63, 3.8) is 0 Å². The number of hydrogen-bond donors (Lipinski definition) is 15. The summed E-state index contributed by atoms with van der Waals surface area (Å²) in [6.07, 6.45) is -25.2. The Morgan fingerprint density at radius 2 is 1.02 bits per heavy atom. The molecule has 0 aliphatic carbocycles. The Hall–Kier alpha value is -7.81. The van der Waals surface area contributed by atoms with Crippen LogP contribution in [-0.4, -0.2) is 208 Å². The van der Waals surface area contributed by atoms with Gasteiger partial charge in [0.05, 0.1) is 26.9 Å². The van der Waals surface area contributed by atoms with Gasteiger partial charge in [-0.2, -0.15) is 0 Å². The lowest BCUT2D eigenvalue weighted by Crippen LogP contribution is -2.65. The largest absolute Gasteiger partial charge is 0.507 e. The first-order valence-corrected chi connectivity index (χ1v) is 24.0. The van der Waals surface area contributed by atoms with Crippen LogP contribution >= 0.6 is 0 Å². The van der Waals surface area contributed by atoms with Crippen LogP contribution in [0.4, 0.5) is 0 Å². The molecule has 3 aliphatic rings. The summed E-state index contributed by atoms with van der Waals surface area (Å²) in [5.74, 6) is -7.84. The van der Waals surface area contributed by atoms with E-state index in [1.54, 1.807) is 0 Å². The lowest BCUT2D eigenvalue weighted by atomic mass is 9.97. The first-order chi connectivity index (χ1) is 38.1. The lowest BCUT2D eigenvalue weighted by molar-refractivity contribution is -0.358. The molecule has 28 nitrogen and oxygen atoms in total. The molecular formula is C52H54O28. The van der Waals surface area contributed by atoms with Crippen molar-refractivity contribution in [3.05, 3.63) is 100 Å². The Morgan fingerprint density at radius 1 is 0.537 bits per heavy atom. The van der Waals surface area contributed by atoms with Crippen molar-refractivity contribution in [1.82, 2.24) is 0 Å². The summed E-state index contributed by atoms with van der Waals surface area (Å²) in [5.41, 5.74) is -1.52. The highest BCUT2D eigenvalue weighted by molar-refractivity contribution is 5.89. The first kappa shape index (κ1) is 58.3. The highest BCUT2D eigenvalue weighted by atomic mass is 16.8. The molecule has 3 saturated heterocycles. The van der Waals surface area contributed by atoms with Crippen LogP contribution in [0.2, 0.25) is 0 Å². The molecule has 4 aromatic carbocycles. The third kappa shape index (κ3) is 12.3. The minimum atomic E-state index is -2.21. The maximum absolute atomic E-state index is 14.8. The molecule has 0 spiro atoms. The van der Waals surface area contributed by atoms with Crippen molar-refractivity contribution >= 4 is 35.1 Å². The molecule has 0 amide bonds. The maximum Gasteiger partial charge on any atom is 0.331 e. The number of carbonyl (C=O) groups is 2. The zero-order chi connectivity index (χ0) is 57.9. The summed E-state index contributed by atoms with van der Waals surface area (Å²) in [6.45, 7) is -2.89. The van der Waals surface area contributed by atoms with Gasteiger partial charge in [-0.1, -0.05) is 12.1 Å². The molecule has 0 radical (unpaired) electrons. The van der Waals surface area contributed by atoms with Crippen LogP contribution in [0.5, 0.6) is 51.7 Å². The number of carbonyl (C=O) groups excluding carboxylic acids is 2. The average molecular weight is 1130 g/mol. The number of benzene rings is 4. The number of aromatic hydroxyl groups is 6. The molecule has 3 fully saturated rings. The van der Waals surface area contributed by atoms with E-state index >= 15 is 0 Å². The second-order valence-corrected chi connectivity index (χ2v) is 18.2. The summed E-state index contributed by atoms with van der Waals surface area (Å²) in [4.78, 5) is 41.1. The van der Waals surface area contributed by atoms with Gasteiger partial charge in [-0.05, 0) is 65.7 Å². The molecule has 15 N–H and O–H groups in total. The van der Waals surface area contributed by atoms with Gasteiger partial charge in [0.15, 0.2) is 64.9 Å². The second kappa shape index (κ2) is 24.7. The van der Waals surface area contributed by atoms with E-state index in [0.717, 1.165) is 60.7 Å². The first-order valence-electron chi connectivity index (χ1n) is 24.0. The van der Waals surface area contributed by atoms with Gasteiger partial charge in [-0.15, -0.1) is 0 Å². The zero-order valence-corrected chi connectivity index (χ0v) is 41.5. The predicted octanol–water partition coefficient (Wildman–Crippen LogP) is -1.59. The summed E-state index contributed by atoms with van der Waals surface area (Å²) < 4.78 is 57.2. The van der Waals surface area contributed by atoms with Crippen molar-refractivity contribution in [3.8, 4) is 63.1 Å². The fourth-order valence-corrected chi connectivity index (χ4v) is 8.67. The molecular weight excluding hydrogens is 1070 g/mol. The quantitative estimate of drug-likeness (QED) is 0.0284. The minimum absolute atomic E-state index is 0.0801. The van der Waals surface area contributed by atoms with Crippen molar-refractivity contribution in [2.24, 2.45) is 0 Å². The monoisotopic (exact) mass is 1130 g/mol. The fourth-order valence-electron chi connectivity index (χ4n) is 8.67. The fraction of sp³-hybridized carbons (Fsp3) is 0.365. The number of phenols is 6. The molecule has 5 aromatic rings. The third-order valence-electron chi connectivity index (χ3n) is 12.9. The highest BCUT2D eigenvalue weighted by Gasteiger charge is 2.53. The summed E-state index contributed by atoms with van der Waals surface area (Å²) in [7, 11) is 1.31. The number of hydrogen-bond acceptors (Lipinski definition) is 28. The van der Waals surface area contributed by atoms with Gasteiger partial charge < -0.3 is 124 Å². The van der Waals surface area contributed by atoms with Crippen molar-refractivity contribution in [1.29, 1.82) is 0 Å². The van der Waals surface area contributed by atoms with Crippen LogP contribution in [0.1, 0.15) is 11.1 Å². The molecule has 0 unspecified atom stereocenters. The molecule has 8 rings (SSSR count). The van der Waals surface area contributed by atoms with Gasteiger partial charge in [0, 0.05) is 29.8 Å². The average Bonchev–Trinajstić information content (AvgIpc) is 3.44. The van der Waals surface area contributed by atoms with E-state index in [4.69, 9.17) is 47.0 Å². The highest BCUT2D eigenvalue weighted by Crippen LogP contribution is 2.41. The number of rotatable bonds is 17. The summed E-state index contributed by atoms with van der Waals surface area (Å²) >= 11 is 0. The molecule has 3 aliphatic heterocycles. The van der Waals surface area contributed by atoms with E-state index in [-0.39, 0.29) is 22.6 Å². The molecule has 1 aromatic heterocycles. The minimum Gasteiger partial charge on any atom is -0.507 e. The molecule has 0 bridgehead atoms. The van der Waals surface area contributed by atoms with Crippen LogP contribution in [-0.2, 0) is 38.0 Å². The molecule has 15 atom stereocenters. The topological polar surface area (TPSA) is 451 Å². The Labute approximate surface area is 449 Å². The standard InChI is InChI=1S/C52H54O28/c1-71-30-13-21(3-8-26(30)58)5-11-36(63)77-47-42(68)38(64)32(17-53)74-50(47)72-23-15-29(61)37-31(16-23)73-45(22-6-9-25(57)28(60)14-22)46(41(37)67)79-52-49(44(70)40(66)34(19-55)76-52)80-51-48(43(69)39(65)33(18-54)75-51)78-35(62)10-4-20-2-7-24(56)27(59)12-20/h2-16,32-34,38-40,42-44,47-61,64-66,68-70H,17-19H2,1H3/b10-4-,11-5+/t32-,33-,34-,38-,39-,40-,42+,43+,44+,47-,48-,49-,50-,51+,52+/m1/s1. The van der Waals surface area contributed by atoms with Crippen LogP contribution < -0.4 is 19.6 Å². The van der Waals surface area contributed by atoms with Gasteiger partial charge in [0.25, 0.3) is 0 Å². The number of fused-ring (bicyclic) bond motifs is 1. The van der Waals surface area contributed by atoms with Crippen molar-refractivity contribution in [2.45, 2.75) is 92.1 Å². The van der Waals surface area contributed by atoms with Crippen molar-refractivity contribution < 1.29 is 133 Å². The maximum atomic E-state index is 14.8. The van der Waals surface area contributed by atoms with Crippen LogP contribution in [0.3, 0.4) is 0 Å². The van der Waals surface area contributed by atoms with E-state index in [0.29, 0.717) is 5.56 Å². The van der Waals surface area contributed by atoms with Gasteiger partial charge in [-0.3, -0.25) is 4.79 Å². The zero-order valence-electron chi connectivity index (χ0n) is 41.5. The van der Waals surface area contributed by atoms with E-state index < -0.39 is 186 Å². The molecule has 0 saturated carbocycles. The molecule has 4 heterocycles. The Kier molecular flexibility index (Phi) is 18.0. The lowest BCUT2D eigenvalue weighted by Gasteiger charge is -2.46. The van der Waals surface area contributed by atoms with E-state index in [1.807, 2.05) is 0 Å². The smallest absolute Gasteiger partial charge is 0.331 e. The predicted molar refractivity (Wildman–Crippen MR) is 265 cm³/mol.